The lowest BCUT2D eigenvalue weighted by atomic mass is 9.90. The Hall–Kier alpha value is -3.77. The molecule has 34 heavy (non-hydrogen) atoms. The number of carbonyl (C=O) groups is 1. The van der Waals surface area contributed by atoms with Crippen LogP contribution in [0, 0.1) is 10.1 Å². The second-order valence-electron chi connectivity index (χ2n) is 7.68. The lowest BCUT2D eigenvalue weighted by Gasteiger charge is -2.30. The summed E-state index contributed by atoms with van der Waals surface area (Å²) in [5, 5.41) is 27.0. The van der Waals surface area contributed by atoms with Gasteiger partial charge in [0, 0.05) is 47.8 Å². The van der Waals surface area contributed by atoms with Gasteiger partial charge in [-0.15, -0.1) is 11.3 Å². The number of rotatable bonds is 8. The van der Waals surface area contributed by atoms with Crippen molar-refractivity contribution in [3.05, 3.63) is 63.5 Å². The molecular formula is C22H22BN5O5S. The highest BCUT2D eigenvalue weighted by Gasteiger charge is 2.19. The van der Waals surface area contributed by atoms with Crippen molar-refractivity contribution in [3.8, 4) is 11.3 Å². The second kappa shape index (κ2) is 10.4. The summed E-state index contributed by atoms with van der Waals surface area (Å²) in [4.78, 5) is 29.1. The molecule has 1 saturated heterocycles. The number of nitro groups is 1. The predicted molar refractivity (Wildman–Crippen MR) is 134 cm³/mol. The molecular weight excluding hydrogens is 457 g/mol. The van der Waals surface area contributed by atoms with Gasteiger partial charge in [-0.05, 0) is 6.07 Å². The van der Waals surface area contributed by atoms with Crippen LogP contribution >= 0.6 is 11.3 Å². The van der Waals surface area contributed by atoms with Crippen molar-refractivity contribution in [2.75, 3.05) is 36.6 Å². The van der Waals surface area contributed by atoms with Crippen LogP contribution in [0.15, 0.2) is 52.9 Å². The molecule has 10 nitrogen and oxygen atoms in total. The van der Waals surface area contributed by atoms with Crippen LogP contribution in [0.3, 0.4) is 0 Å². The molecule has 3 aromatic rings. The lowest BCUT2D eigenvalue weighted by molar-refractivity contribution is -0.385. The molecule has 1 aliphatic heterocycles. The van der Waals surface area contributed by atoms with E-state index in [4.69, 9.17) is 4.74 Å². The second-order valence-corrected chi connectivity index (χ2v) is 8.53. The molecule has 1 fully saturated rings. The number of hydrogen-bond acceptors (Lipinski definition) is 9. The molecule has 174 valence electrons. The molecule has 0 aliphatic carbocycles. The van der Waals surface area contributed by atoms with Crippen LogP contribution in [0.4, 0.5) is 16.5 Å². The molecule has 2 N–H and O–H groups in total. The average molecular weight is 479 g/mol. The van der Waals surface area contributed by atoms with Gasteiger partial charge < -0.3 is 14.7 Å². The number of nitro benzene ring substituents is 1. The first kappa shape index (κ1) is 23.4. The average Bonchev–Trinajstić information content (AvgIpc) is 3.31. The molecule has 1 aliphatic rings. The number of morpholine rings is 1. The number of hydrogen-bond donors (Lipinski definition) is 2. The summed E-state index contributed by atoms with van der Waals surface area (Å²) in [6.07, 6.45) is -0.195. The summed E-state index contributed by atoms with van der Waals surface area (Å²) in [5.74, 6) is -1.27. The van der Waals surface area contributed by atoms with Gasteiger partial charge in [0.15, 0.2) is 0 Å². The van der Waals surface area contributed by atoms with Crippen LogP contribution in [-0.4, -0.2) is 60.8 Å². The van der Waals surface area contributed by atoms with Gasteiger partial charge in [-0.3, -0.25) is 15.5 Å². The summed E-state index contributed by atoms with van der Waals surface area (Å²) in [7, 11) is 2.06. The molecule has 0 bridgehead atoms. The minimum atomic E-state index is -1.27. The van der Waals surface area contributed by atoms with Crippen LogP contribution in [0.1, 0.15) is 5.56 Å². The Bertz CT molecular complexity index is 1240. The van der Waals surface area contributed by atoms with E-state index in [0.717, 1.165) is 43.0 Å². The number of carboxylic acid groups (broad SMARTS) is 1. The highest BCUT2D eigenvalue weighted by molar-refractivity contribution is 7.14. The molecule has 12 heteroatoms. The van der Waals surface area contributed by atoms with Crippen molar-refractivity contribution < 1.29 is 19.6 Å². The number of nitrogens with zero attached hydrogens (tertiary/aromatic N) is 4. The van der Waals surface area contributed by atoms with E-state index >= 15 is 0 Å². The van der Waals surface area contributed by atoms with Crippen LogP contribution in [0.5, 0.6) is 0 Å². The van der Waals surface area contributed by atoms with E-state index in [0.29, 0.717) is 5.13 Å². The highest BCUT2D eigenvalue weighted by atomic mass is 32.1. The first-order valence-corrected chi connectivity index (χ1v) is 11.5. The fourth-order valence-electron chi connectivity index (χ4n) is 3.73. The van der Waals surface area contributed by atoms with Gasteiger partial charge in [0.25, 0.3) is 5.69 Å². The molecule has 0 spiro atoms. The van der Waals surface area contributed by atoms with Crippen molar-refractivity contribution in [2.24, 2.45) is 5.10 Å². The first-order valence-electron chi connectivity index (χ1n) is 10.6. The van der Waals surface area contributed by atoms with Gasteiger partial charge in [0.2, 0.25) is 5.13 Å². The summed E-state index contributed by atoms with van der Waals surface area (Å²) < 4.78 is 5.43. The van der Waals surface area contributed by atoms with E-state index < -0.39 is 10.9 Å². The third kappa shape index (κ3) is 5.41. The summed E-state index contributed by atoms with van der Waals surface area (Å²) in [5.41, 5.74) is 6.55. The molecule has 1 aromatic heterocycles. The first-order chi connectivity index (χ1) is 16.4. The number of ether oxygens (including phenoxy) is 1. The van der Waals surface area contributed by atoms with Gasteiger partial charge in [-0.2, -0.15) is 5.10 Å². The summed E-state index contributed by atoms with van der Waals surface area (Å²) >= 11 is 1.29. The van der Waals surface area contributed by atoms with Crippen molar-refractivity contribution in [1.29, 1.82) is 0 Å². The standard InChI is InChI=1S/C22H22BN5O5S/c23-16-11-14(5-6-20(16)27-7-9-33-10-8-27)18-13-34-22(24-18)26-25-17(21(29)30)12-15-3-1-2-4-19(15)28(31)32/h1-6,11,13H,7-10,12,23H2,(H,24,26)(H,29,30)/b25-17-. The smallest absolute Gasteiger partial charge is 0.352 e. The fourth-order valence-corrected chi connectivity index (χ4v) is 4.39. The zero-order valence-corrected chi connectivity index (χ0v) is 19.2. The molecule has 2 aromatic carbocycles. The van der Waals surface area contributed by atoms with E-state index in [2.05, 4.69) is 40.4 Å². The van der Waals surface area contributed by atoms with Gasteiger partial charge in [0.05, 0.1) is 23.8 Å². The Morgan fingerprint density at radius 1 is 1.29 bits per heavy atom. The van der Waals surface area contributed by atoms with Gasteiger partial charge in [-0.25, -0.2) is 9.78 Å². The molecule has 2 heterocycles. The molecule has 0 amide bonds. The van der Waals surface area contributed by atoms with Crippen molar-refractivity contribution >= 4 is 52.8 Å². The van der Waals surface area contributed by atoms with Crippen LogP contribution in [0.25, 0.3) is 11.3 Å². The summed E-state index contributed by atoms with van der Waals surface area (Å²) in [6.45, 7) is 3.17. The largest absolute Gasteiger partial charge is 0.477 e. The maximum absolute atomic E-state index is 11.7. The SMILES string of the molecule is Bc1cc(-c2csc(N/N=C(/Cc3ccccc3[N+](=O)[O-])C(=O)O)n2)ccc1N1CCOCC1. The number of benzene rings is 2. The number of hydrazone groups is 1. The Morgan fingerprint density at radius 3 is 2.76 bits per heavy atom. The van der Waals surface area contributed by atoms with Crippen molar-refractivity contribution in [2.45, 2.75) is 6.42 Å². The Morgan fingerprint density at radius 2 is 2.06 bits per heavy atom. The summed E-state index contributed by atoms with van der Waals surface area (Å²) in [6, 6.07) is 12.2. The number of aliphatic carboxylic acids is 1. The van der Waals surface area contributed by atoms with Crippen molar-refractivity contribution in [3.63, 3.8) is 0 Å². The zero-order valence-electron chi connectivity index (χ0n) is 18.4. The Kier molecular flexibility index (Phi) is 7.19. The highest BCUT2D eigenvalue weighted by Crippen LogP contribution is 2.26. The van der Waals surface area contributed by atoms with Gasteiger partial charge in [-0.1, -0.05) is 35.8 Å². The normalized spacial score (nSPS) is 14.1. The number of aromatic nitrogens is 1. The van der Waals surface area contributed by atoms with E-state index in [1.807, 2.05) is 11.4 Å². The molecule has 0 saturated carbocycles. The van der Waals surface area contributed by atoms with E-state index in [1.54, 1.807) is 6.07 Å². The van der Waals surface area contributed by atoms with Crippen molar-refractivity contribution in [1.82, 2.24) is 4.98 Å². The zero-order chi connectivity index (χ0) is 24.1. The van der Waals surface area contributed by atoms with Crippen LogP contribution in [-0.2, 0) is 16.0 Å². The maximum Gasteiger partial charge on any atom is 0.352 e. The molecule has 0 unspecified atom stereocenters. The minimum Gasteiger partial charge on any atom is -0.477 e. The Balaban J connectivity index is 1.49. The van der Waals surface area contributed by atoms with Crippen LogP contribution in [0.2, 0.25) is 0 Å². The third-order valence-corrected chi connectivity index (χ3v) is 6.18. The maximum atomic E-state index is 11.7. The topological polar surface area (TPSA) is 130 Å². The van der Waals surface area contributed by atoms with E-state index in [1.165, 1.54) is 35.2 Å². The molecule has 0 atom stereocenters. The molecule has 4 rings (SSSR count). The fraction of sp³-hybridized carbons (Fsp3) is 0.227. The monoisotopic (exact) mass is 479 g/mol. The number of nitrogens with one attached hydrogen (secondary N) is 1. The number of anilines is 2. The van der Waals surface area contributed by atoms with Crippen LogP contribution < -0.4 is 15.8 Å². The number of para-hydroxylation sites is 1. The Labute approximate surface area is 200 Å². The third-order valence-electron chi connectivity index (χ3n) is 5.43. The quantitative estimate of drug-likeness (QED) is 0.217. The predicted octanol–water partition coefficient (Wildman–Crippen LogP) is 1.91. The number of carboxylic acids is 1. The number of thiazole rings is 1. The van der Waals surface area contributed by atoms with Gasteiger partial charge in [0.1, 0.15) is 13.6 Å². The minimum absolute atomic E-state index is 0.149. The van der Waals surface area contributed by atoms with Gasteiger partial charge >= 0.3 is 5.97 Å². The molecule has 0 radical (unpaired) electrons. The van der Waals surface area contributed by atoms with E-state index in [-0.39, 0.29) is 23.4 Å². The lowest BCUT2D eigenvalue weighted by Crippen LogP contribution is -2.38. The van der Waals surface area contributed by atoms with E-state index in [9.17, 15) is 20.0 Å².